The lowest BCUT2D eigenvalue weighted by Crippen LogP contribution is -2.36. The van der Waals surface area contributed by atoms with E-state index in [9.17, 15) is 4.39 Å². The van der Waals surface area contributed by atoms with Crippen LogP contribution in [0.25, 0.3) is 0 Å². The quantitative estimate of drug-likeness (QED) is 0.879. The lowest BCUT2D eigenvalue weighted by atomic mass is 10.0. The topological polar surface area (TPSA) is 70.3 Å². The van der Waals surface area contributed by atoms with Crippen LogP contribution in [0, 0.1) is 19.7 Å². The number of rotatable bonds is 2. The third-order valence-corrected chi connectivity index (χ3v) is 3.61. The molecule has 0 radical (unpaired) electrons. The van der Waals surface area contributed by atoms with Crippen molar-refractivity contribution >= 4 is 11.6 Å². The zero-order valence-corrected chi connectivity index (χ0v) is 11.4. The van der Waals surface area contributed by atoms with Gasteiger partial charge in [-0.15, -0.1) is 0 Å². The maximum absolute atomic E-state index is 13.1. The molecular formula is C14H16FN5. The van der Waals surface area contributed by atoms with E-state index in [0.717, 1.165) is 22.6 Å². The lowest BCUT2D eigenvalue weighted by Gasteiger charge is -2.26. The van der Waals surface area contributed by atoms with Crippen molar-refractivity contribution in [2.75, 3.05) is 11.4 Å². The lowest BCUT2D eigenvalue weighted by molar-refractivity contribution is 0.627. The second-order valence-corrected chi connectivity index (χ2v) is 4.91. The number of H-pyrrole nitrogens is 1. The van der Waals surface area contributed by atoms with Crippen molar-refractivity contribution in [1.29, 1.82) is 0 Å². The largest absolute Gasteiger partial charge is 0.369 e. The molecule has 0 saturated carbocycles. The highest BCUT2D eigenvalue weighted by Gasteiger charge is 2.32. The van der Waals surface area contributed by atoms with Crippen LogP contribution in [0.2, 0.25) is 0 Å². The number of nitrogens with two attached hydrogens (primary N) is 1. The molecule has 0 amide bonds. The van der Waals surface area contributed by atoms with Crippen LogP contribution in [0.1, 0.15) is 23.0 Å². The van der Waals surface area contributed by atoms with Gasteiger partial charge >= 0.3 is 0 Å². The molecule has 2 aromatic rings. The van der Waals surface area contributed by atoms with Crippen molar-refractivity contribution in [1.82, 2.24) is 10.2 Å². The van der Waals surface area contributed by atoms with Crippen LogP contribution in [-0.4, -0.2) is 22.7 Å². The van der Waals surface area contributed by atoms with Gasteiger partial charge in [0.15, 0.2) is 5.96 Å². The molecule has 1 unspecified atom stereocenters. The Hall–Kier alpha value is -2.37. The van der Waals surface area contributed by atoms with E-state index in [0.29, 0.717) is 12.5 Å². The Balaban J connectivity index is 2.03. The first kappa shape index (κ1) is 12.7. The number of hydrogen-bond acceptors (Lipinski definition) is 4. The van der Waals surface area contributed by atoms with Crippen molar-refractivity contribution in [3.05, 3.63) is 47.0 Å². The van der Waals surface area contributed by atoms with Gasteiger partial charge in [0.05, 0.1) is 18.3 Å². The minimum atomic E-state index is -0.268. The van der Waals surface area contributed by atoms with E-state index in [-0.39, 0.29) is 11.9 Å². The van der Waals surface area contributed by atoms with E-state index >= 15 is 0 Å². The first-order valence-corrected chi connectivity index (χ1v) is 6.44. The molecule has 0 spiro atoms. The van der Waals surface area contributed by atoms with Crippen LogP contribution >= 0.6 is 0 Å². The Morgan fingerprint density at radius 3 is 2.60 bits per heavy atom. The molecule has 20 heavy (non-hydrogen) atoms. The molecule has 1 aromatic carbocycles. The molecule has 5 nitrogen and oxygen atoms in total. The molecule has 3 rings (SSSR count). The second kappa shape index (κ2) is 4.63. The van der Waals surface area contributed by atoms with Gasteiger partial charge in [-0.05, 0) is 38.1 Å². The molecule has 0 aliphatic carbocycles. The molecule has 0 fully saturated rings. The fourth-order valence-electron chi connectivity index (χ4n) is 2.68. The van der Waals surface area contributed by atoms with E-state index in [2.05, 4.69) is 15.2 Å². The van der Waals surface area contributed by atoms with Crippen molar-refractivity contribution in [2.24, 2.45) is 10.7 Å². The van der Waals surface area contributed by atoms with Crippen LogP contribution < -0.4 is 10.6 Å². The molecule has 0 bridgehead atoms. The zero-order chi connectivity index (χ0) is 14.3. The number of aryl methyl sites for hydroxylation is 2. The number of benzene rings is 1. The van der Waals surface area contributed by atoms with Crippen molar-refractivity contribution in [2.45, 2.75) is 19.9 Å². The van der Waals surface area contributed by atoms with Gasteiger partial charge in [-0.2, -0.15) is 5.10 Å². The van der Waals surface area contributed by atoms with Gasteiger partial charge in [-0.25, -0.2) is 4.39 Å². The number of nitrogens with zero attached hydrogens (tertiary/aromatic N) is 3. The minimum Gasteiger partial charge on any atom is -0.369 e. The van der Waals surface area contributed by atoms with Crippen LogP contribution in [-0.2, 0) is 0 Å². The van der Waals surface area contributed by atoms with Crippen LogP contribution in [0.3, 0.4) is 0 Å². The molecule has 3 N–H and O–H groups in total. The van der Waals surface area contributed by atoms with Crippen LogP contribution in [0.4, 0.5) is 10.1 Å². The maximum Gasteiger partial charge on any atom is 0.196 e. The van der Waals surface area contributed by atoms with Gasteiger partial charge in [-0.1, -0.05) is 0 Å². The predicted octanol–water partition coefficient (Wildman–Crippen LogP) is 2.04. The van der Waals surface area contributed by atoms with Gasteiger partial charge in [0, 0.05) is 16.9 Å². The normalized spacial score (nSPS) is 18.4. The predicted molar refractivity (Wildman–Crippen MR) is 76.2 cm³/mol. The van der Waals surface area contributed by atoms with Crippen molar-refractivity contribution in [3.63, 3.8) is 0 Å². The molecule has 1 aliphatic rings. The van der Waals surface area contributed by atoms with Crippen molar-refractivity contribution in [3.8, 4) is 0 Å². The van der Waals surface area contributed by atoms with Crippen molar-refractivity contribution < 1.29 is 4.39 Å². The summed E-state index contributed by atoms with van der Waals surface area (Å²) in [6.45, 7) is 4.51. The Labute approximate surface area is 116 Å². The monoisotopic (exact) mass is 273 g/mol. The third-order valence-electron chi connectivity index (χ3n) is 3.61. The van der Waals surface area contributed by atoms with Gasteiger partial charge < -0.3 is 10.6 Å². The zero-order valence-electron chi connectivity index (χ0n) is 11.4. The molecule has 6 heteroatoms. The van der Waals surface area contributed by atoms with Gasteiger partial charge in [0.25, 0.3) is 0 Å². The molecule has 1 atom stereocenters. The molecule has 2 heterocycles. The number of halogens is 1. The van der Waals surface area contributed by atoms with Crippen LogP contribution in [0.5, 0.6) is 0 Å². The van der Waals surface area contributed by atoms with E-state index in [1.165, 1.54) is 12.1 Å². The average molecular weight is 273 g/mol. The Bertz CT molecular complexity index is 639. The molecule has 0 saturated heterocycles. The molecule has 104 valence electrons. The Morgan fingerprint density at radius 2 is 2.00 bits per heavy atom. The summed E-state index contributed by atoms with van der Waals surface area (Å²) in [4.78, 5) is 6.24. The van der Waals surface area contributed by atoms with Crippen LogP contribution in [0.15, 0.2) is 29.3 Å². The van der Waals surface area contributed by atoms with Gasteiger partial charge in [0.2, 0.25) is 0 Å². The molecule has 1 aliphatic heterocycles. The fourth-order valence-corrected chi connectivity index (χ4v) is 2.68. The smallest absolute Gasteiger partial charge is 0.196 e. The van der Waals surface area contributed by atoms with E-state index in [1.54, 1.807) is 12.1 Å². The number of hydrogen-bond donors (Lipinski definition) is 2. The number of nitrogens with one attached hydrogen (secondary N) is 1. The average Bonchev–Trinajstić information content (AvgIpc) is 2.94. The maximum atomic E-state index is 13.1. The fraction of sp³-hybridized carbons (Fsp3) is 0.286. The number of guanidine groups is 1. The number of aromatic amines is 1. The number of aliphatic imine (C=N–C) groups is 1. The standard InChI is InChI=1S/C14H16FN5/c1-8-13(9(2)19-18-8)12-7-17-14(16)20(12)11-5-3-10(15)4-6-11/h3-6,12H,7H2,1-2H3,(H2,16,17)(H,18,19). The summed E-state index contributed by atoms with van der Waals surface area (Å²) in [6.07, 6.45) is 0. The minimum absolute atomic E-state index is 0.000730. The van der Waals surface area contributed by atoms with E-state index in [4.69, 9.17) is 5.73 Å². The van der Waals surface area contributed by atoms with Gasteiger partial charge in [-0.3, -0.25) is 10.1 Å². The van der Waals surface area contributed by atoms with Gasteiger partial charge in [0.1, 0.15) is 5.82 Å². The highest BCUT2D eigenvalue weighted by Crippen LogP contribution is 2.33. The summed E-state index contributed by atoms with van der Waals surface area (Å²) >= 11 is 0. The van der Waals surface area contributed by atoms with E-state index in [1.807, 2.05) is 18.7 Å². The number of aromatic nitrogens is 2. The Morgan fingerprint density at radius 1 is 1.30 bits per heavy atom. The third kappa shape index (κ3) is 1.93. The summed E-state index contributed by atoms with van der Waals surface area (Å²) in [5, 5.41) is 7.21. The summed E-state index contributed by atoms with van der Waals surface area (Å²) in [5.74, 6) is 0.178. The first-order valence-electron chi connectivity index (χ1n) is 6.44. The Kier molecular flexibility index (Phi) is 2.93. The summed E-state index contributed by atoms with van der Waals surface area (Å²) < 4.78 is 13.1. The molecule has 1 aromatic heterocycles. The first-order chi connectivity index (χ1) is 9.58. The SMILES string of the molecule is Cc1n[nH]c(C)c1C1CN=C(N)N1c1ccc(F)cc1. The molecular weight excluding hydrogens is 257 g/mol. The summed E-state index contributed by atoms with van der Waals surface area (Å²) in [5.41, 5.74) is 9.86. The number of anilines is 1. The summed E-state index contributed by atoms with van der Waals surface area (Å²) in [6, 6.07) is 6.26. The van der Waals surface area contributed by atoms with E-state index < -0.39 is 0 Å². The summed E-state index contributed by atoms with van der Waals surface area (Å²) in [7, 11) is 0. The highest BCUT2D eigenvalue weighted by molar-refractivity contribution is 5.97. The highest BCUT2D eigenvalue weighted by atomic mass is 19.1. The second-order valence-electron chi connectivity index (χ2n) is 4.91.